The van der Waals surface area contributed by atoms with Gasteiger partial charge in [-0.2, -0.15) is 0 Å². The summed E-state index contributed by atoms with van der Waals surface area (Å²) in [6.45, 7) is 7.38. The molecule has 2 aromatic rings. The second kappa shape index (κ2) is 8.87. The van der Waals surface area contributed by atoms with E-state index in [9.17, 15) is 4.79 Å². The maximum atomic E-state index is 12.7. The zero-order valence-corrected chi connectivity index (χ0v) is 17.1. The minimum Gasteiger partial charge on any atom is -0.497 e. The highest BCUT2D eigenvalue weighted by Crippen LogP contribution is 2.29. The molecule has 6 nitrogen and oxygen atoms in total. The van der Waals surface area contributed by atoms with Gasteiger partial charge >= 0.3 is 6.03 Å². The lowest BCUT2D eigenvalue weighted by atomic mass is 10.0. The van der Waals surface area contributed by atoms with Gasteiger partial charge in [-0.05, 0) is 35.7 Å². The van der Waals surface area contributed by atoms with Crippen LogP contribution in [0.2, 0.25) is 0 Å². The van der Waals surface area contributed by atoms with Gasteiger partial charge in [0.1, 0.15) is 11.5 Å². The van der Waals surface area contributed by atoms with Gasteiger partial charge in [0, 0.05) is 37.9 Å². The summed E-state index contributed by atoms with van der Waals surface area (Å²) in [5.74, 6) is 1.80. The molecular weight excluding hydrogens is 354 g/mol. The zero-order valence-electron chi connectivity index (χ0n) is 17.1. The molecule has 0 aliphatic carbocycles. The maximum absolute atomic E-state index is 12.7. The average Bonchev–Trinajstić information content (AvgIpc) is 2.74. The number of anilines is 2. The number of nitrogens with one attached hydrogen (secondary N) is 1. The van der Waals surface area contributed by atoms with E-state index in [0.717, 1.165) is 13.1 Å². The van der Waals surface area contributed by atoms with E-state index in [4.69, 9.17) is 9.47 Å². The van der Waals surface area contributed by atoms with Crippen LogP contribution in [0, 0.1) is 0 Å². The number of methoxy groups -OCH3 is 2. The first-order valence-corrected chi connectivity index (χ1v) is 9.64. The van der Waals surface area contributed by atoms with Crippen LogP contribution in [-0.4, -0.2) is 51.3 Å². The van der Waals surface area contributed by atoms with Crippen molar-refractivity contribution in [3.63, 3.8) is 0 Å². The molecule has 0 aromatic heterocycles. The number of carbonyl (C=O) groups excluding carboxylic acids is 1. The van der Waals surface area contributed by atoms with Crippen LogP contribution >= 0.6 is 0 Å². The lowest BCUT2D eigenvalue weighted by Crippen LogP contribution is -2.50. The molecule has 0 radical (unpaired) electrons. The minimum atomic E-state index is -0.113. The second-order valence-corrected chi connectivity index (χ2v) is 7.22. The van der Waals surface area contributed by atoms with Crippen molar-refractivity contribution in [2.75, 3.05) is 50.6 Å². The highest BCUT2D eigenvalue weighted by molar-refractivity contribution is 5.91. The summed E-state index contributed by atoms with van der Waals surface area (Å²) >= 11 is 0. The van der Waals surface area contributed by atoms with E-state index in [1.165, 1.54) is 11.3 Å². The lowest BCUT2D eigenvalue weighted by molar-refractivity contribution is 0.208. The number of benzene rings is 2. The fourth-order valence-corrected chi connectivity index (χ4v) is 3.33. The summed E-state index contributed by atoms with van der Waals surface area (Å²) in [4.78, 5) is 16.8. The first-order valence-electron chi connectivity index (χ1n) is 9.64. The van der Waals surface area contributed by atoms with E-state index in [2.05, 4.69) is 48.3 Å². The summed E-state index contributed by atoms with van der Waals surface area (Å²) in [5, 5.41) is 2.94. The molecule has 0 unspecified atom stereocenters. The quantitative estimate of drug-likeness (QED) is 0.841. The van der Waals surface area contributed by atoms with Crippen LogP contribution in [0.5, 0.6) is 11.5 Å². The van der Waals surface area contributed by atoms with Gasteiger partial charge in [0.15, 0.2) is 0 Å². The fourth-order valence-electron chi connectivity index (χ4n) is 3.33. The van der Waals surface area contributed by atoms with E-state index < -0.39 is 0 Å². The van der Waals surface area contributed by atoms with Crippen LogP contribution in [0.4, 0.5) is 16.2 Å². The molecule has 0 atom stereocenters. The number of nitrogens with zero attached hydrogens (tertiary/aromatic N) is 2. The largest absolute Gasteiger partial charge is 0.497 e. The Balaban J connectivity index is 1.58. The molecule has 150 valence electrons. The van der Waals surface area contributed by atoms with Crippen molar-refractivity contribution in [2.24, 2.45) is 0 Å². The number of ether oxygens (including phenoxy) is 2. The molecule has 1 aliphatic rings. The molecule has 2 amide bonds. The summed E-state index contributed by atoms with van der Waals surface area (Å²) in [6, 6.07) is 14.0. The normalized spacial score (nSPS) is 14.2. The molecule has 3 rings (SSSR count). The molecule has 1 fully saturated rings. The van der Waals surface area contributed by atoms with Gasteiger partial charge in [-0.25, -0.2) is 4.79 Å². The van der Waals surface area contributed by atoms with Gasteiger partial charge in [0.05, 0.1) is 19.9 Å². The molecule has 0 bridgehead atoms. The van der Waals surface area contributed by atoms with Gasteiger partial charge in [0.25, 0.3) is 0 Å². The first kappa shape index (κ1) is 19.9. The SMILES string of the molecule is COc1ccc(NC(=O)N2CCN(c3ccc(C(C)C)cc3)CC2)c(OC)c1. The molecule has 6 heteroatoms. The molecule has 2 aromatic carbocycles. The molecule has 0 spiro atoms. The summed E-state index contributed by atoms with van der Waals surface area (Å²) in [6.07, 6.45) is 0. The number of carbonyl (C=O) groups is 1. The Morgan fingerprint density at radius 2 is 1.64 bits per heavy atom. The Morgan fingerprint density at radius 3 is 2.21 bits per heavy atom. The van der Waals surface area contributed by atoms with Crippen molar-refractivity contribution in [3.05, 3.63) is 48.0 Å². The van der Waals surface area contributed by atoms with Crippen LogP contribution in [0.3, 0.4) is 0 Å². The summed E-state index contributed by atoms with van der Waals surface area (Å²) < 4.78 is 10.6. The van der Waals surface area contributed by atoms with Crippen LogP contribution in [0.15, 0.2) is 42.5 Å². The van der Waals surface area contributed by atoms with Crippen molar-refractivity contribution in [1.29, 1.82) is 0 Å². The van der Waals surface area contributed by atoms with Crippen LogP contribution in [-0.2, 0) is 0 Å². The predicted octanol–water partition coefficient (Wildman–Crippen LogP) is 4.18. The number of rotatable bonds is 5. The maximum Gasteiger partial charge on any atom is 0.322 e. The Hall–Kier alpha value is -2.89. The lowest BCUT2D eigenvalue weighted by Gasteiger charge is -2.36. The third kappa shape index (κ3) is 4.50. The smallest absolute Gasteiger partial charge is 0.322 e. The number of urea groups is 1. The molecule has 1 heterocycles. The zero-order chi connectivity index (χ0) is 20.1. The summed E-state index contributed by atoms with van der Waals surface area (Å²) in [5.41, 5.74) is 3.19. The number of amides is 2. The van der Waals surface area contributed by atoms with Gasteiger partial charge in [-0.1, -0.05) is 26.0 Å². The Labute approximate surface area is 167 Å². The van der Waals surface area contributed by atoms with Gasteiger partial charge in [0.2, 0.25) is 0 Å². The van der Waals surface area contributed by atoms with Crippen molar-refractivity contribution in [1.82, 2.24) is 4.90 Å². The third-order valence-corrected chi connectivity index (χ3v) is 5.14. The average molecular weight is 383 g/mol. The van der Waals surface area contributed by atoms with E-state index in [1.807, 2.05) is 4.90 Å². The van der Waals surface area contributed by atoms with Crippen molar-refractivity contribution in [3.8, 4) is 11.5 Å². The van der Waals surface area contributed by atoms with Gasteiger partial charge < -0.3 is 24.6 Å². The van der Waals surface area contributed by atoms with Crippen molar-refractivity contribution < 1.29 is 14.3 Å². The molecule has 1 N–H and O–H groups in total. The minimum absolute atomic E-state index is 0.113. The Morgan fingerprint density at radius 1 is 0.964 bits per heavy atom. The molecule has 1 aliphatic heterocycles. The first-order chi connectivity index (χ1) is 13.5. The van der Waals surface area contributed by atoms with Crippen molar-refractivity contribution in [2.45, 2.75) is 19.8 Å². The van der Waals surface area contributed by atoms with E-state index in [0.29, 0.717) is 36.2 Å². The Kier molecular flexibility index (Phi) is 6.29. The van der Waals surface area contributed by atoms with E-state index >= 15 is 0 Å². The van der Waals surface area contributed by atoms with Crippen LogP contribution in [0.25, 0.3) is 0 Å². The highest BCUT2D eigenvalue weighted by Gasteiger charge is 2.22. The van der Waals surface area contributed by atoms with Crippen LogP contribution in [0.1, 0.15) is 25.3 Å². The predicted molar refractivity (Wildman–Crippen MR) is 113 cm³/mol. The van der Waals surface area contributed by atoms with Gasteiger partial charge in [-0.15, -0.1) is 0 Å². The van der Waals surface area contributed by atoms with Gasteiger partial charge in [-0.3, -0.25) is 0 Å². The second-order valence-electron chi connectivity index (χ2n) is 7.22. The Bertz CT molecular complexity index is 797. The summed E-state index contributed by atoms with van der Waals surface area (Å²) in [7, 11) is 3.18. The third-order valence-electron chi connectivity index (χ3n) is 5.14. The number of hydrogen-bond donors (Lipinski definition) is 1. The molecular formula is C22H29N3O3. The molecule has 0 saturated carbocycles. The van der Waals surface area contributed by atoms with E-state index in [-0.39, 0.29) is 6.03 Å². The number of hydrogen-bond acceptors (Lipinski definition) is 4. The standard InChI is InChI=1S/C22H29N3O3/c1-16(2)17-5-7-18(8-6-17)24-11-13-25(14-12-24)22(26)23-20-10-9-19(27-3)15-21(20)28-4/h5-10,15-16H,11-14H2,1-4H3,(H,23,26). The highest BCUT2D eigenvalue weighted by atomic mass is 16.5. The molecule has 1 saturated heterocycles. The monoisotopic (exact) mass is 383 g/mol. The van der Waals surface area contributed by atoms with Crippen molar-refractivity contribution >= 4 is 17.4 Å². The van der Waals surface area contributed by atoms with E-state index in [1.54, 1.807) is 32.4 Å². The fraction of sp³-hybridized carbons (Fsp3) is 0.409. The topological polar surface area (TPSA) is 54.0 Å². The number of piperazine rings is 1. The molecule has 28 heavy (non-hydrogen) atoms. The van der Waals surface area contributed by atoms with Crippen LogP contribution < -0.4 is 19.7 Å².